The average Bonchev–Trinajstić information content (AvgIpc) is 2.76. The summed E-state index contributed by atoms with van der Waals surface area (Å²) in [5.74, 6) is 0. The summed E-state index contributed by atoms with van der Waals surface area (Å²) in [5.41, 5.74) is 6.84. The van der Waals surface area contributed by atoms with Gasteiger partial charge in [-0.25, -0.2) is 8.42 Å². The van der Waals surface area contributed by atoms with Crippen molar-refractivity contribution in [2.75, 3.05) is 26.3 Å². The Kier molecular flexibility index (Phi) is 5.15. The largest absolute Gasteiger partial charge is 0.380 e. The topological polar surface area (TPSA) is 72.6 Å². The Labute approximate surface area is 120 Å². The van der Waals surface area contributed by atoms with Crippen molar-refractivity contribution in [2.24, 2.45) is 5.73 Å². The molecule has 1 atom stereocenters. The van der Waals surface area contributed by atoms with Crippen molar-refractivity contribution in [3.63, 3.8) is 0 Å². The van der Waals surface area contributed by atoms with E-state index in [2.05, 4.69) is 0 Å². The molecule has 2 rings (SSSR count). The molecule has 1 fully saturated rings. The van der Waals surface area contributed by atoms with E-state index in [1.807, 2.05) is 13.0 Å². The third-order valence-electron chi connectivity index (χ3n) is 3.55. The van der Waals surface area contributed by atoms with Crippen LogP contribution in [0.3, 0.4) is 0 Å². The van der Waals surface area contributed by atoms with Crippen LogP contribution < -0.4 is 5.73 Å². The fourth-order valence-corrected chi connectivity index (χ4v) is 3.77. The standard InChI is InChI=1S/C14H22N2O3S/c1-2-14(15)12-5-3-6-13(11-12)20(17,18)16-7-4-9-19-10-8-16/h3,5-6,11,14H,2,4,7-10,15H2,1H3. The molecule has 0 amide bonds. The number of rotatable bonds is 4. The molecule has 20 heavy (non-hydrogen) atoms. The van der Waals surface area contributed by atoms with Crippen LogP contribution in [0.4, 0.5) is 0 Å². The van der Waals surface area contributed by atoms with Crippen LogP contribution in [0.15, 0.2) is 29.2 Å². The highest BCUT2D eigenvalue weighted by atomic mass is 32.2. The predicted molar refractivity (Wildman–Crippen MR) is 77.9 cm³/mol. The second kappa shape index (κ2) is 6.67. The lowest BCUT2D eigenvalue weighted by molar-refractivity contribution is 0.148. The van der Waals surface area contributed by atoms with Crippen LogP contribution in [0, 0.1) is 0 Å². The number of benzene rings is 1. The molecule has 112 valence electrons. The van der Waals surface area contributed by atoms with Gasteiger partial charge in [-0.3, -0.25) is 0 Å². The molecule has 1 aromatic carbocycles. The summed E-state index contributed by atoms with van der Waals surface area (Å²) in [6.07, 6.45) is 1.51. The molecule has 1 heterocycles. The highest BCUT2D eigenvalue weighted by Gasteiger charge is 2.25. The van der Waals surface area contributed by atoms with Gasteiger partial charge in [-0.15, -0.1) is 0 Å². The molecular weight excluding hydrogens is 276 g/mol. The molecule has 0 aromatic heterocycles. The lowest BCUT2D eigenvalue weighted by atomic mass is 10.1. The van der Waals surface area contributed by atoms with Crippen molar-refractivity contribution in [3.05, 3.63) is 29.8 Å². The molecule has 0 spiro atoms. The zero-order valence-electron chi connectivity index (χ0n) is 11.8. The van der Waals surface area contributed by atoms with Crippen LogP contribution >= 0.6 is 0 Å². The predicted octanol–water partition coefficient (Wildman–Crippen LogP) is 1.51. The number of hydrogen-bond acceptors (Lipinski definition) is 4. The lowest BCUT2D eigenvalue weighted by Gasteiger charge is -2.20. The Hall–Kier alpha value is -0.950. The first-order valence-corrected chi connectivity index (χ1v) is 8.43. The Morgan fingerprint density at radius 2 is 2.15 bits per heavy atom. The second-order valence-corrected chi connectivity index (χ2v) is 6.90. The molecule has 2 N–H and O–H groups in total. The summed E-state index contributed by atoms with van der Waals surface area (Å²) in [5, 5.41) is 0. The Morgan fingerprint density at radius 1 is 1.35 bits per heavy atom. The van der Waals surface area contributed by atoms with E-state index in [1.54, 1.807) is 18.2 Å². The maximum atomic E-state index is 12.6. The first-order valence-electron chi connectivity index (χ1n) is 6.99. The maximum absolute atomic E-state index is 12.6. The Balaban J connectivity index is 2.28. The van der Waals surface area contributed by atoms with E-state index < -0.39 is 10.0 Å². The Morgan fingerprint density at radius 3 is 2.90 bits per heavy atom. The van der Waals surface area contributed by atoms with Gasteiger partial charge < -0.3 is 10.5 Å². The Bertz CT molecular complexity index is 537. The van der Waals surface area contributed by atoms with Crippen LogP contribution in [0.25, 0.3) is 0 Å². The molecule has 0 bridgehead atoms. The number of ether oxygens (including phenoxy) is 1. The van der Waals surface area contributed by atoms with E-state index in [-0.39, 0.29) is 6.04 Å². The van der Waals surface area contributed by atoms with E-state index in [0.29, 0.717) is 31.2 Å². The summed E-state index contributed by atoms with van der Waals surface area (Å²) in [7, 11) is -3.45. The van der Waals surface area contributed by atoms with Crippen molar-refractivity contribution >= 4 is 10.0 Å². The van der Waals surface area contributed by atoms with Crippen LogP contribution in [0.5, 0.6) is 0 Å². The zero-order chi connectivity index (χ0) is 14.6. The minimum Gasteiger partial charge on any atom is -0.380 e. The van der Waals surface area contributed by atoms with E-state index in [1.165, 1.54) is 4.31 Å². The third-order valence-corrected chi connectivity index (χ3v) is 5.44. The van der Waals surface area contributed by atoms with Gasteiger partial charge in [0.15, 0.2) is 0 Å². The summed E-state index contributed by atoms with van der Waals surface area (Å²) in [6, 6.07) is 6.82. The highest BCUT2D eigenvalue weighted by molar-refractivity contribution is 7.89. The summed E-state index contributed by atoms with van der Waals surface area (Å²) in [6.45, 7) is 3.97. The van der Waals surface area contributed by atoms with Crippen molar-refractivity contribution in [1.29, 1.82) is 0 Å². The van der Waals surface area contributed by atoms with Crippen LogP contribution in [-0.4, -0.2) is 39.0 Å². The maximum Gasteiger partial charge on any atom is 0.243 e. The van der Waals surface area contributed by atoms with Gasteiger partial charge in [0.25, 0.3) is 0 Å². The molecule has 1 aliphatic rings. The quantitative estimate of drug-likeness (QED) is 0.914. The van der Waals surface area contributed by atoms with E-state index in [9.17, 15) is 8.42 Å². The lowest BCUT2D eigenvalue weighted by Crippen LogP contribution is -2.33. The fraction of sp³-hybridized carbons (Fsp3) is 0.571. The van der Waals surface area contributed by atoms with E-state index in [4.69, 9.17) is 10.5 Å². The van der Waals surface area contributed by atoms with Gasteiger partial charge in [-0.1, -0.05) is 19.1 Å². The molecule has 1 aromatic rings. The van der Waals surface area contributed by atoms with Crippen molar-refractivity contribution in [3.8, 4) is 0 Å². The molecule has 0 saturated carbocycles. The highest BCUT2D eigenvalue weighted by Crippen LogP contribution is 2.21. The second-order valence-electron chi connectivity index (χ2n) is 4.96. The molecule has 6 heteroatoms. The third kappa shape index (κ3) is 3.38. The molecular formula is C14H22N2O3S. The van der Waals surface area contributed by atoms with Gasteiger partial charge in [0, 0.05) is 25.7 Å². The molecule has 1 aliphatic heterocycles. The molecule has 1 unspecified atom stereocenters. The number of hydrogen-bond donors (Lipinski definition) is 1. The molecule has 5 nitrogen and oxygen atoms in total. The van der Waals surface area contributed by atoms with Gasteiger partial charge in [0.2, 0.25) is 10.0 Å². The number of nitrogens with zero attached hydrogens (tertiary/aromatic N) is 1. The van der Waals surface area contributed by atoms with Crippen molar-refractivity contribution in [1.82, 2.24) is 4.31 Å². The number of nitrogens with two attached hydrogens (primary N) is 1. The average molecular weight is 298 g/mol. The van der Waals surface area contributed by atoms with E-state index in [0.717, 1.165) is 18.4 Å². The summed E-state index contributed by atoms with van der Waals surface area (Å²) < 4.78 is 32.1. The SMILES string of the molecule is CCC(N)c1cccc(S(=O)(=O)N2CCCOCC2)c1. The van der Waals surface area contributed by atoms with Gasteiger partial charge in [0.1, 0.15) is 0 Å². The van der Waals surface area contributed by atoms with Crippen LogP contribution in [0.2, 0.25) is 0 Å². The zero-order valence-corrected chi connectivity index (χ0v) is 12.6. The monoisotopic (exact) mass is 298 g/mol. The van der Waals surface area contributed by atoms with Crippen LogP contribution in [0.1, 0.15) is 31.4 Å². The van der Waals surface area contributed by atoms with E-state index >= 15 is 0 Å². The van der Waals surface area contributed by atoms with Crippen molar-refractivity contribution < 1.29 is 13.2 Å². The summed E-state index contributed by atoms with van der Waals surface area (Å²) in [4.78, 5) is 0.320. The molecule has 1 saturated heterocycles. The molecule has 0 aliphatic carbocycles. The smallest absolute Gasteiger partial charge is 0.243 e. The van der Waals surface area contributed by atoms with Crippen LogP contribution in [-0.2, 0) is 14.8 Å². The van der Waals surface area contributed by atoms with Gasteiger partial charge in [0.05, 0.1) is 11.5 Å². The van der Waals surface area contributed by atoms with Gasteiger partial charge >= 0.3 is 0 Å². The molecule has 0 radical (unpaired) electrons. The van der Waals surface area contributed by atoms with Crippen molar-refractivity contribution in [2.45, 2.75) is 30.7 Å². The normalized spacial score (nSPS) is 19.5. The van der Waals surface area contributed by atoms with Gasteiger partial charge in [-0.05, 0) is 30.5 Å². The minimum absolute atomic E-state index is 0.127. The number of sulfonamides is 1. The summed E-state index contributed by atoms with van der Waals surface area (Å²) >= 11 is 0. The fourth-order valence-electron chi connectivity index (χ4n) is 2.25. The van der Waals surface area contributed by atoms with Gasteiger partial charge in [-0.2, -0.15) is 4.31 Å². The minimum atomic E-state index is -3.45. The first kappa shape index (κ1) is 15.4. The first-order chi connectivity index (χ1) is 9.55.